The van der Waals surface area contributed by atoms with Crippen LogP contribution in [0.1, 0.15) is 48.4 Å². The Morgan fingerprint density at radius 2 is 1.83 bits per heavy atom. The number of hydrogen-bond donors (Lipinski definition) is 2. The molecule has 0 radical (unpaired) electrons. The average Bonchev–Trinajstić information content (AvgIpc) is 3.15. The minimum atomic E-state index is -0.701. The van der Waals surface area contributed by atoms with Gasteiger partial charge in [0.25, 0.3) is 17.5 Å². The van der Waals surface area contributed by atoms with Gasteiger partial charge < -0.3 is 15.4 Å². The first-order chi connectivity index (χ1) is 16.7. The predicted molar refractivity (Wildman–Crippen MR) is 134 cm³/mol. The summed E-state index contributed by atoms with van der Waals surface area (Å²) in [6.07, 6.45) is 0.626. The number of benzene rings is 2. The van der Waals surface area contributed by atoms with E-state index in [2.05, 4.69) is 10.6 Å². The van der Waals surface area contributed by atoms with E-state index in [4.69, 9.17) is 16.3 Å². The zero-order chi connectivity index (χ0) is 25.5. The van der Waals surface area contributed by atoms with Gasteiger partial charge in [0.15, 0.2) is 0 Å². The molecular weight excluding hydrogens is 494 g/mol. The number of nitro groups is 1. The van der Waals surface area contributed by atoms with E-state index in [1.165, 1.54) is 12.1 Å². The molecule has 182 valence electrons. The number of nitrogens with zero attached hydrogens (tertiary/aromatic N) is 1. The summed E-state index contributed by atoms with van der Waals surface area (Å²) in [5.74, 6) is -1.79. The molecule has 0 aliphatic carbocycles. The van der Waals surface area contributed by atoms with Crippen LogP contribution in [0.3, 0.4) is 0 Å². The minimum absolute atomic E-state index is 0.0316. The van der Waals surface area contributed by atoms with E-state index in [-0.39, 0.29) is 32.6 Å². The van der Waals surface area contributed by atoms with E-state index in [1.807, 2.05) is 30.3 Å². The molecule has 3 rings (SSSR count). The van der Waals surface area contributed by atoms with Gasteiger partial charge in [-0.25, -0.2) is 4.79 Å². The normalized spacial score (nSPS) is 10.5. The molecule has 3 aromatic rings. The monoisotopic (exact) mass is 515 g/mol. The highest BCUT2D eigenvalue weighted by Crippen LogP contribution is 2.34. The second-order valence-electron chi connectivity index (χ2n) is 7.35. The molecule has 0 aliphatic heterocycles. The van der Waals surface area contributed by atoms with Crippen molar-refractivity contribution in [3.63, 3.8) is 0 Å². The molecule has 11 heteroatoms. The number of nitrogens with one attached hydrogen (secondary N) is 2. The van der Waals surface area contributed by atoms with E-state index in [0.717, 1.165) is 23.0 Å². The summed E-state index contributed by atoms with van der Waals surface area (Å²) in [4.78, 5) is 49.0. The number of ether oxygens (including phenoxy) is 1. The lowest BCUT2D eigenvalue weighted by Gasteiger charge is -2.07. The Bertz CT molecular complexity index is 1280. The number of amides is 2. The van der Waals surface area contributed by atoms with Gasteiger partial charge in [0.2, 0.25) is 0 Å². The molecule has 9 nitrogen and oxygen atoms in total. The van der Waals surface area contributed by atoms with Gasteiger partial charge in [0.05, 0.1) is 22.0 Å². The van der Waals surface area contributed by atoms with Gasteiger partial charge in [-0.15, -0.1) is 11.3 Å². The topological polar surface area (TPSA) is 128 Å². The van der Waals surface area contributed by atoms with Crippen molar-refractivity contribution in [1.82, 2.24) is 5.32 Å². The predicted octanol–water partition coefficient (Wildman–Crippen LogP) is 5.02. The number of carbonyl (C=O) groups is 3. The van der Waals surface area contributed by atoms with Crippen LogP contribution in [0, 0.1) is 17.0 Å². The summed E-state index contributed by atoms with van der Waals surface area (Å²) in [7, 11) is 0. The van der Waals surface area contributed by atoms with Crippen molar-refractivity contribution in [3.8, 4) is 0 Å². The molecule has 0 unspecified atom stereocenters. The molecule has 1 heterocycles. The number of halogens is 1. The SMILES string of the molecule is CCOC(=O)c1c(NC(=O)c2ccc(Cl)c([N+](=O)[O-])c2)sc(C(=O)NCCc2ccccc2)c1C. The summed E-state index contributed by atoms with van der Waals surface area (Å²) >= 11 is 6.75. The highest BCUT2D eigenvalue weighted by molar-refractivity contribution is 7.18. The van der Waals surface area contributed by atoms with Crippen molar-refractivity contribution in [1.29, 1.82) is 0 Å². The molecule has 0 fully saturated rings. The number of anilines is 1. The van der Waals surface area contributed by atoms with E-state index >= 15 is 0 Å². The zero-order valence-electron chi connectivity index (χ0n) is 18.9. The number of hydrogen-bond acceptors (Lipinski definition) is 7. The van der Waals surface area contributed by atoms with Crippen LogP contribution in [0.15, 0.2) is 48.5 Å². The fourth-order valence-electron chi connectivity index (χ4n) is 3.28. The third-order valence-corrected chi connectivity index (χ3v) is 6.53. The largest absolute Gasteiger partial charge is 0.462 e. The molecule has 0 saturated carbocycles. The molecule has 1 aromatic heterocycles. The lowest BCUT2D eigenvalue weighted by Crippen LogP contribution is -2.25. The quantitative estimate of drug-likeness (QED) is 0.234. The maximum absolute atomic E-state index is 12.9. The van der Waals surface area contributed by atoms with Crippen LogP contribution in [0.5, 0.6) is 0 Å². The van der Waals surface area contributed by atoms with Crippen LogP contribution < -0.4 is 10.6 Å². The minimum Gasteiger partial charge on any atom is -0.462 e. The fraction of sp³-hybridized carbons (Fsp3) is 0.208. The smallest absolute Gasteiger partial charge is 0.341 e. The van der Waals surface area contributed by atoms with Crippen molar-refractivity contribution >= 4 is 51.4 Å². The summed E-state index contributed by atoms with van der Waals surface area (Å²) in [5, 5.41) is 16.6. The highest BCUT2D eigenvalue weighted by Gasteiger charge is 2.27. The van der Waals surface area contributed by atoms with Gasteiger partial charge in [0, 0.05) is 18.2 Å². The molecule has 0 spiro atoms. The molecule has 35 heavy (non-hydrogen) atoms. The summed E-state index contributed by atoms with van der Waals surface area (Å²) in [5.41, 5.74) is 1.03. The standard InChI is InChI=1S/C24H22ClN3O6S/c1-3-34-24(31)19-14(2)20(22(30)26-12-11-15-7-5-4-6-8-15)35-23(19)27-21(29)16-9-10-17(25)18(13-16)28(32)33/h4-10,13H,3,11-12H2,1-2H3,(H,26,30)(H,27,29). The Balaban J connectivity index is 1.85. The van der Waals surface area contributed by atoms with Crippen LogP contribution in [0.4, 0.5) is 10.7 Å². The highest BCUT2D eigenvalue weighted by atomic mass is 35.5. The van der Waals surface area contributed by atoms with Gasteiger partial charge in [-0.3, -0.25) is 19.7 Å². The van der Waals surface area contributed by atoms with Crippen LogP contribution in [0.25, 0.3) is 0 Å². The van der Waals surface area contributed by atoms with Gasteiger partial charge in [0.1, 0.15) is 10.0 Å². The van der Waals surface area contributed by atoms with Crippen LogP contribution >= 0.6 is 22.9 Å². The maximum atomic E-state index is 12.9. The fourth-order valence-corrected chi connectivity index (χ4v) is 4.57. The third kappa shape index (κ3) is 6.23. The van der Waals surface area contributed by atoms with Gasteiger partial charge >= 0.3 is 5.97 Å². The first-order valence-electron chi connectivity index (χ1n) is 10.6. The molecule has 2 N–H and O–H groups in total. The molecule has 0 saturated heterocycles. The Labute approximate surface area is 210 Å². The molecule has 2 aromatic carbocycles. The van der Waals surface area contributed by atoms with Gasteiger partial charge in [-0.1, -0.05) is 41.9 Å². The van der Waals surface area contributed by atoms with Crippen LogP contribution in [-0.2, 0) is 11.2 Å². The van der Waals surface area contributed by atoms with Gasteiger partial charge in [-0.2, -0.15) is 0 Å². The lowest BCUT2D eigenvalue weighted by molar-refractivity contribution is -0.384. The number of thiophene rings is 1. The van der Waals surface area contributed by atoms with E-state index in [9.17, 15) is 24.5 Å². The van der Waals surface area contributed by atoms with Gasteiger partial charge in [-0.05, 0) is 43.5 Å². The Morgan fingerprint density at radius 3 is 2.49 bits per heavy atom. The average molecular weight is 516 g/mol. The maximum Gasteiger partial charge on any atom is 0.341 e. The van der Waals surface area contributed by atoms with Crippen molar-refractivity contribution in [3.05, 3.63) is 90.8 Å². The Hall–Kier alpha value is -3.76. The van der Waals surface area contributed by atoms with E-state index in [0.29, 0.717) is 18.5 Å². The molecule has 0 aliphatic rings. The zero-order valence-corrected chi connectivity index (χ0v) is 20.5. The van der Waals surface area contributed by atoms with E-state index < -0.39 is 28.4 Å². The van der Waals surface area contributed by atoms with Crippen LogP contribution in [-0.4, -0.2) is 35.9 Å². The number of nitro benzene ring substituents is 1. The van der Waals surface area contributed by atoms with Crippen molar-refractivity contribution in [2.45, 2.75) is 20.3 Å². The first-order valence-corrected chi connectivity index (χ1v) is 11.8. The van der Waals surface area contributed by atoms with Crippen LogP contribution in [0.2, 0.25) is 5.02 Å². The number of esters is 1. The van der Waals surface area contributed by atoms with Crippen molar-refractivity contribution < 1.29 is 24.0 Å². The number of rotatable bonds is 9. The van der Waals surface area contributed by atoms with Crippen molar-refractivity contribution in [2.75, 3.05) is 18.5 Å². The Morgan fingerprint density at radius 1 is 1.11 bits per heavy atom. The summed E-state index contributed by atoms with van der Waals surface area (Å²) in [6.45, 7) is 3.72. The molecule has 0 atom stereocenters. The molecule has 2 amide bonds. The lowest BCUT2D eigenvalue weighted by atomic mass is 10.1. The molecule has 0 bridgehead atoms. The number of carbonyl (C=O) groups excluding carboxylic acids is 3. The molecular formula is C24H22ClN3O6S. The van der Waals surface area contributed by atoms with E-state index in [1.54, 1.807) is 13.8 Å². The second kappa shape index (κ2) is 11.6. The summed E-state index contributed by atoms with van der Waals surface area (Å²) < 4.78 is 5.11. The Kier molecular flexibility index (Phi) is 8.56. The van der Waals surface area contributed by atoms with Crippen molar-refractivity contribution in [2.24, 2.45) is 0 Å². The third-order valence-electron chi connectivity index (χ3n) is 5.01. The first kappa shape index (κ1) is 25.9. The second-order valence-corrected chi connectivity index (χ2v) is 8.78. The summed E-state index contributed by atoms with van der Waals surface area (Å²) in [6, 6.07) is 13.3.